The zero-order chi connectivity index (χ0) is 13.6. The summed E-state index contributed by atoms with van der Waals surface area (Å²) >= 11 is -4.28. The third kappa shape index (κ3) is 7.06. The molecule has 0 N–H and O–H groups in total. The van der Waals surface area contributed by atoms with E-state index in [1.165, 1.54) is 0 Å². The molecule has 0 rings (SSSR count). The van der Waals surface area contributed by atoms with Crippen molar-refractivity contribution in [1.29, 1.82) is 0 Å². The van der Waals surface area contributed by atoms with Gasteiger partial charge >= 0.3 is 110 Å². The Hall–Kier alpha value is -0.957. The van der Waals surface area contributed by atoms with Gasteiger partial charge in [-0.2, -0.15) is 0 Å². The number of hydrogen-bond donors (Lipinski definition) is 0. The van der Waals surface area contributed by atoms with Crippen LogP contribution in [-0.2, 0) is 33.3 Å². The molecule has 0 unspecified atom stereocenters. The number of allylic oxidation sites excluding steroid dienone is 4. The Morgan fingerprint density at radius 2 is 0.765 bits per heavy atom. The molecular formula is C12H20O4Zr. The molecule has 0 aromatic rings. The maximum atomic E-state index is 5.54. The van der Waals surface area contributed by atoms with Gasteiger partial charge in [-0.3, -0.25) is 0 Å². The van der Waals surface area contributed by atoms with Crippen molar-refractivity contribution in [3.8, 4) is 0 Å². The van der Waals surface area contributed by atoms with Crippen molar-refractivity contribution >= 4 is 0 Å². The summed E-state index contributed by atoms with van der Waals surface area (Å²) in [5, 5.41) is 0. The maximum absolute atomic E-state index is 5.54. The van der Waals surface area contributed by atoms with E-state index in [1.807, 2.05) is 0 Å². The van der Waals surface area contributed by atoms with Crippen LogP contribution in [0, 0.1) is 0 Å². The normalized spacial score (nSPS) is 10.1. The van der Waals surface area contributed by atoms with Gasteiger partial charge in [0.25, 0.3) is 0 Å². The van der Waals surface area contributed by atoms with Crippen molar-refractivity contribution < 1.29 is 33.3 Å². The Morgan fingerprint density at radius 3 is 0.882 bits per heavy atom. The summed E-state index contributed by atoms with van der Waals surface area (Å²) in [6, 6.07) is 0. The third-order valence-corrected chi connectivity index (χ3v) is 7.08. The predicted octanol–water partition coefficient (Wildman–Crippen LogP) is 4.00. The topological polar surface area (TPSA) is 36.9 Å². The van der Waals surface area contributed by atoms with Crippen LogP contribution in [0.3, 0.4) is 0 Å². The van der Waals surface area contributed by atoms with Gasteiger partial charge in [0.15, 0.2) is 0 Å². The van der Waals surface area contributed by atoms with Gasteiger partial charge in [-0.25, -0.2) is 0 Å². The molecule has 0 aliphatic rings. The van der Waals surface area contributed by atoms with Crippen LogP contribution in [0.25, 0.3) is 0 Å². The van der Waals surface area contributed by atoms with Crippen molar-refractivity contribution in [2.45, 2.75) is 27.7 Å². The molecule has 0 bridgehead atoms. The molecule has 0 aromatic heterocycles. The van der Waals surface area contributed by atoms with Crippen LogP contribution < -0.4 is 0 Å². The van der Waals surface area contributed by atoms with Crippen LogP contribution in [0.2, 0.25) is 0 Å². The second-order valence-electron chi connectivity index (χ2n) is 3.72. The van der Waals surface area contributed by atoms with Gasteiger partial charge in [-0.1, -0.05) is 0 Å². The number of rotatable bonds is 8. The molecule has 0 heterocycles. The molecule has 0 atom stereocenters. The summed E-state index contributed by atoms with van der Waals surface area (Å²) in [6.07, 6.45) is 0. The molecule has 17 heavy (non-hydrogen) atoms. The fourth-order valence-electron chi connectivity index (χ4n) is 0.979. The first-order chi connectivity index (χ1) is 7.67. The zero-order valence-corrected chi connectivity index (χ0v) is 13.4. The minimum absolute atomic E-state index is 0.449. The molecule has 4 nitrogen and oxygen atoms in total. The summed E-state index contributed by atoms with van der Waals surface area (Å²) in [6.45, 7) is 21.4. The fourth-order valence-corrected chi connectivity index (χ4v) is 5.79. The van der Waals surface area contributed by atoms with E-state index in [1.54, 1.807) is 27.7 Å². The van der Waals surface area contributed by atoms with E-state index in [0.717, 1.165) is 0 Å². The Labute approximate surface area is 110 Å². The Bertz CT molecular complexity index is 277. The van der Waals surface area contributed by atoms with Gasteiger partial charge in [0, 0.05) is 0 Å². The monoisotopic (exact) mass is 318 g/mol. The fraction of sp³-hybridized carbons (Fsp3) is 0.333. The van der Waals surface area contributed by atoms with Crippen molar-refractivity contribution in [2.24, 2.45) is 0 Å². The zero-order valence-electron chi connectivity index (χ0n) is 11.0. The molecule has 0 amide bonds. The molecule has 0 saturated heterocycles. The van der Waals surface area contributed by atoms with E-state index in [-0.39, 0.29) is 0 Å². The molecular weight excluding hydrogens is 299 g/mol. The molecule has 0 aliphatic carbocycles. The second-order valence-corrected chi connectivity index (χ2v) is 8.18. The van der Waals surface area contributed by atoms with E-state index in [0.29, 0.717) is 23.0 Å². The van der Waals surface area contributed by atoms with E-state index in [9.17, 15) is 0 Å². The van der Waals surface area contributed by atoms with Crippen LogP contribution in [0.5, 0.6) is 0 Å². The first kappa shape index (κ1) is 16.0. The first-order valence-electron chi connectivity index (χ1n) is 5.05. The standard InChI is InChI=1S/4C3H6O.Zr/c4*1-3(2)4;/h4*4H,1H2,2H3;/q;;;;+4/p-4. The van der Waals surface area contributed by atoms with Gasteiger partial charge in [0.1, 0.15) is 0 Å². The summed E-state index contributed by atoms with van der Waals surface area (Å²) in [4.78, 5) is 0. The minimum atomic E-state index is -4.28. The molecule has 0 spiro atoms. The third-order valence-electron chi connectivity index (χ3n) is 1.20. The van der Waals surface area contributed by atoms with Crippen LogP contribution >= 0.6 is 0 Å². The first-order valence-corrected chi connectivity index (χ1v) is 9.06. The molecule has 0 fully saturated rings. The summed E-state index contributed by atoms with van der Waals surface area (Å²) in [7, 11) is 0. The Morgan fingerprint density at radius 1 is 0.588 bits per heavy atom. The summed E-state index contributed by atoms with van der Waals surface area (Å²) < 4.78 is 22.1. The summed E-state index contributed by atoms with van der Waals surface area (Å²) in [5.74, 6) is 1.79. The molecule has 5 heteroatoms. The van der Waals surface area contributed by atoms with E-state index in [4.69, 9.17) is 11.3 Å². The van der Waals surface area contributed by atoms with E-state index < -0.39 is 22.0 Å². The average molecular weight is 320 g/mol. The Balaban J connectivity index is 5.16. The second kappa shape index (κ2) is 6.70. The van der Waals surface area contributed by atoms with Crippen LogP contribution in [0.4, 0.5) is 0 Å². The van der Waals surface area contributed by atoms with Crippen molar-refractivity contribution in [3.05, 3.63) is 49.4 Å². The Kier molecular flexibility index (Phi) is 6.32. The predicted molar refractivity (Wildman–Crippen MR) is 63.6 cm³/mol. The average Bonchev–Trinajstić information content (AvgIpc) is 1.95. The van der Waals surface area contributed by atoms with Gasteiger partial charge < -0.3 is 0 Å². The van der Waals surface area contributed by atoms with Crippen molar-refractivity contribution in [3.63, 3.8) is 0 Å². The SMILES string of the molecule is C=C(C)[O][Zr]([O]C(=C)C)([O]C(=C)C)[O]C(=C)C. The van der Waals surface area contributed by atoms with Crippen LogP contribution in [0.15, 0.2) is 49.4 Å². The molecule has 0 aliphatic heterocycles. The van der Waals surface area contributed by atoms with Crippen molar-refractivity contribution in [1.82, 2.24) is 0 Å². The van der Waals surface area contributed by atoms with Crippen LogP contribution in [0.1, 0.15) is 27.7 Å². The van der Waals surface area contributed by atoms with Gasteiger partial charge in [0.05, 0.1) is 0 Å². The molecule has 0 radical (unpaired) electrons. The van der Waals surface area contributed by atoms with Gasteiger partial charge in [-0.15, -0.1) is 0 Å². The summed E-state index contributed by atoms with van der Waals surface area (Å²) in [5.41, 5.74) is 0. The quantitative estimate of drug-likeness (QED) is 0.634. The van der Waals surface area contributed by atoms with Gasteiger partial charge in [-0.05, 0) is 0 Å². The van der Waals surface area contributed by atoms with E-state index >= 15 is 0 Å². The molecule has 0 aromatic carbocycles. The molecule has 0 saturated carbocycles. The molecule has 96 valence electrons. The van der Waals surface area contributed by atoms with Gasteiger partial charge in [0.2, 0.25) is 0 Å². The van der Waals surface area contributed by atoms with Crippen molar-refractivity contribution in [2.75, 3.05) is 0 Å². The van der Waals surface area contributed by atoms with E-state index in [2.05, 4.69) is 26.3 Å². The van der Waals surface area contributed by atoms with Crippen LogP contribution in [-0.4, -0.2) is 0 Å². The number of hydrogen-bond acceptors (Lipinski definition) is 4.